The summed E-state index contributed by atoms with van der Waals surface area (Å²) < 4.78 is 0. The number of nitrogens with zero attached hydrogens (tertiary/aromatic N) is 2. The Hall–Kier alpha value is -1.40. The summed E-state index contributed by atoms with van der Waals surface area (Å²) in [6.07, 6.45) is 6.53. The summed E-state index contributed by atoms with van der Waals surface area (Å²) in [5.74, 6) is -0.163. The number of aliphatic carboxylic acids is 1. The Morgan fingerprint density at radius 3 is 2.54 bits per heavy atom. The molecule has 144 valence electrons. The van der Waals surface area contributed by atoms with Gasteiger partial charge in [-0.25, -0.2) is 4.79 Å². The van der Waals surface area contributed by atoms with E-state index in [1.165, 1.54) is 6.42 Å². The predicted octanol–water partition coefficient (Wildman–Crippen LogP) is 1.45. The van der Waals surface area contributed by atoms with Crippen molar-refractivity contribution in [1.82, 2.24) is 9.80 Å². The van der Waals surface area contributed by atoms with E-state index in [9.17, 15) is 14.7 Å². The molecule has 4 aliphatic rings. The van der Waals surface area contributed by atoms with E-state index in [1.807, 2.05) is 0 Å². The lowest BCUT2D eigenvalue weighted by Gasteiger charge is -2.49. The normalized spacial score (nSPS) is 38.5. The molecule has 0 aromatic rings. The molecule has 5 unspecified atom stereocenters. The van der Waals surface area contributed by atoms with Gasteiger partial charge in [0.1, 0.15) is 5.57 Å². The minimum atomic E-state index is -1.10. The maximum atomic E-state index is 12.8. The highest BCUT2D eigenvalue weighted by atomic mass is 16.4. The van der Waals surface area contributed by atoms with E-state index in [1.54, 1.807) is 6.20 Å². The molecular weight excluding hydrogens is 330 g/mol. The number of fused-ring (bicyclic) bond motifs is 1. The van der Waals surface area contributed by atoms with Crippen LogP contribution < -0.4 is 5.73 Å². The summed E-state index contributed by atoms with van der Waals surface area (Å²) in [5.41, 5.74) is 6.48. The Morgan fingerprint density at radius 2 is 1.96 bits per heavy atom. The summed E-state index contributed by atoms with van der Waals surface area (Å²) in [5, 5.41) is 9.44. The van der Waals surface area contributed by atoms with Gasteiger partial charge in [0.15, 0.2) is 5.78 Å². The number of carbonyl (C=O) groups excluding carboxylic acids is 1. The quantitative estimate of drug-likeness (QED) is 0.737. The van der Waals surface area contributed by atoms with Gasteiger partial charge in [0.25, 0.3) is 0 Å². The molecule has 2 heterocycles. The summed E-state index contributed by atoms with van der Waals surface area (Å²) in [6, 6.07) is 0.761. The third kappa shape index (κ3) is 3.07. The zero-order valence-corrected chi connectivity index (χ0v) is 15.8. The second-order valence-corrected chi connectivity index (χ2v) is 9.05. The largest absolute Gasteiger partial charge is 0.478 e. The summed E-state index contributed by atoms with van der Waals surface area (Å²) >= 11 is 0. The average Bonchev–Trinajstić information content (AvgIpc) is 3.30. The van der Waals surface area contributed by atoms with Gasteiger partial charge in [-0.2, -0.15) is 0 Å². The SMILES string of the molecule is CC(C)C1CCN(C2CC3C(CC2N)C(=O)C(C(=O)O)=CN3C2CC2)C1. The third-order valence-corrected chi connectivity index (χ3v) is 7.10. The lowest BCUT2D eigenvalue weighted by Crippen LogP contribution is -2.60. The molecule has 6 heteroatoms. The van der Waals surface area contributed by atoms with Crippen molar-refractivity contribution < 1.29 is 14.7 Å². The van der Waals surface area contributed by atoms with Crippen molar-refractivity contribution in [3.05, 3.63) is 11.8 Å². The number of carboxylic acids is 1. The lowest BCUT2D eigenvalue weighted by atomic mass is 9.72. The highest BCUT2D eigenvalue weighted by molar-refractivity contribution is 6.18. The first-order valence-corrected chi connectivity index (χ1v) is 10.1. The van der Waals surface area contributed by atoms with Crippen molar-refractivity contribution >= 4 is 11.8 Å². The Bertz CT molecular complexity index is 628. The van der Waals surface area contributed by atoms with Crippen LogP contribution in [-0.2, 0) is 9.59 Å². The molecule has 0 spiro atoms. The van der Waals surface area contributed by atoms with Crippen LogP contribution in [0, 0.1) is 17.8 Å². The van der Waals surface area contributed by atoms with Crippen molar-refractivity contribution in [3.8, 4) is 0 Å². The van der Waals surface area contributed by atoms with Gasteiger partial charge in [0.2, 0.25) is 0 Å². The first-order chi connectivity index (χ1) is 12.4. The van der Waals surface area contributed by atoms with Crippen LogP contribution in [0.1, 0.15) is 46.0 Å². The summed E-state index contributed by atoms with van der Waals surface area (Å²) in [4.78, 5) is 29.0. The van der Waals surface area contributed by atoms with E-state index in [0.29, 0.717) is 24.4 Å². The van der Waals surface area contributed by atoms with Gasteiger partial charge in [-0.05, 0) is 50.5 Å². The molecule has 5 atom stereocenters. The second-order valence-electron chi connectivity index (χ2n) is 9.05. The molecule has 0 bridgehead atoms. The first kappa shape index (κ1) is 18.0. The fraction of sp³-hybridized carbons (Fsp3) is 0.800. The van der Waals surface area contributed by atoms with Crippen LogP contribution in [0.2, 0.25) is 0 Å². The number of nitrogens with two attached hydrogens (primary N) is 1. The summed E-state index contributed by atoms with van der Waals surface area (Å²) in [7, 11) is 0. The molecule has 0 radical (unpaired) electrons. The number of Topliss-reactive ketones (excluding diaryl/α,β-unsaturated/α-hetero) is 1. The highest BCUT2D eigenvalue weighted by Crippen LogP contribution is 2.42. The molecule has 26 heavy (non-hydrogen) atoms. The fourth-order valence-electron chi connectivity index (χ4n) is 5.30. The Kier molecular flexibility index (Phi) is 4.59. The molecule has 6 nitrogen and oxygen atoms in total. The van der Waals surface area contributed by atoms with Gasteiger partial charge in [0, 0.05) is 42.8 Å². The van der Waals surface area contributed by atoms with Crippen molar-refractivity contribution in [2.24, 2.45) is 23.5 Å². The smallest absolute Gasteiger partial charge is 0.340 e. The monoisotopic (exact) mass is 361 g/mol. The molecule has 2 aliphatic carbocycles. The van der Waals surface area contributed by atoms with E-state index in [2.05, 4.69) is 23.6 Å². The number of carboxylic acid groups (broad SMARTS) is 1. The molecule has 0 aromatic heterocycles. The molecule has 3 N–H and O–H groups in total. The maximum Gasteiger partial charge on any atom is 0.340 e. The van der Waals surface area contributed by atoms with E-state index < -0.39 is 5.97 Å². The third-order valence-electron chi connectivity index (χ3n) is 7.10. The standard InChI is InChI=1S/C20H31N3O3/c1-11(2)12-5-6-22(9-12)18-8-17-14(7-16(18)21)19(24)15(20(25)26)10-23(17)13-3-4-13/h10-14,16-18H,3-9,21H2,1-2H3,(H,25,26). The highest BCUT2D eigenvalue weighted by Gasteiger charge is 2.50. The topological polar surface area (TPSA) is 86.9 Å². The van der Waals surface area contributed by atoms with Crippen LogP contribution in [0.25, 0.3) is 0 Å². The van der Waals surface area contributed by atoms with Crippen LogP contribution in [0.4, 0.5) is 0 Å². The van der Waals surface area contributed by atoms with Gasteiger partial charge in [-0.1, -0.05) is 13.8 Å². The Balaban J connectivity index is 1.56. The molecule has 0 amide bonds. The van der Waals surface area contributed by atoms with Crippen molar-refractivity contribution in [1.29, 1.82) is 0 Å². The van der Waals surface area contributed by atoms with Crippen LogP contribution in [0.15, 0.2) is 11.8 Å². The number of ketones is 1. The zero-order chi connectivity index (χ0) is 18.6. The van der Waals surface area contributed by atoms with Crippen LogP contribution in [-0.4, -0.2) is 63.9 Å². The molecule has 2 aliphatic heterocycles. The van der Waals surface area contributed by atoms with E-state index in [-0.39, 0.29) is 29.4 Å². The maximum absolute atomic E-state index is 12.8. The molecule has 1 saturated heterocycles. The predicted molar refractivity (Wildman–Crippen MR) is 98.4 cm³/mol. The Morgan fingerprint density at radius 1 is 1.23 bits per heavy atom. The summed E-state index contributed by atoms with van der Waals surface area (Å²) in [6.45, 7) is 6.77. The second kappa shape index (κ2) is 6.64. The van der Waals surface area contributed by atoms with Crippen molar-refractivity contribution in [2.45, 2.75) is 70.1 Å². The zero-order valence-electron chi connectivity index (χ0n) is 15.8. The van der Waals surface area contributed by atoms with Crippen molar-refractivity contribution in [2.75, 3.05) is 13.1 Å². The number of carbonyl (C=O) groups is 2. The molecule has 0 aromatic carbocycles. The number of likely N-dealkylation sites (tertiary alicyclic amines) is 1. The number of hydrogen-bond acceptors (Lipinski definition) is 5. The van der Waals surface area contributed by atoms with Crippen LogP contribution in [0.5, 0.6) is 0 Å². The van der Waals surface area contributed by atoms with Gasteiger partial charge in [-0.15, -0.1) is 0 Å². The van der Waals surface area contributed by atoms with Gasteiger partial charge in [-0.3, -0.25) is 9.69 Å². The van der Waals surface area contributed by atoms with Crippen LogP contribution in [0.3, 0.4) is 0 Å². The van der Waals surface area contributed by atoms with E-state index >= 15 is 0 Å². The van der Waals surface area contributed by atoms with Crippen LogP contribution >= 0.6 is 0 Å². The minimum Gasteiger partial charge on any atom is -0.478 e. The van der Waals surface area contributed by atoms with Gasteiger partial charge < -0.3 is 15.7 Å². The van der Waals surface area contributed by atoms with E-state index in [0.717, 1.165) is 38.3 Å². The average molecular weight is 361 g/mol. The first-order valence-electron chi connectivity index (χ1n) is 10.1. The molecular formula is C20H31N3O3. The molecule has 3 fully saturated rings. The fourth-order valence-corrected chi connectivity index (χ4v) is 5.30. The molecule has 4 rings (SSSR count). The number of hydrogen-bond donors (Lipinski definition) is 2. The number of rotatable bonds is 4. The molecule has 2 saturated carbocycles. The van der Waals surface area contributed by atoms with Crippen molar-refractivity contribution in [3.63, 3.8) is 0 Å². The van der Waals surface area contributed by atoms with Gasteiger partial charge in [0.05, 0.1) is 0 Å². The van der Waals surface area contributed by atoms with Gasteiger partial charge >= 0.3 is 5.97 Å². The minimum absolute atomic E-state index is 0.0511. The lowest BCUT2D eigenvalue weighted by molar-refractivity contribution is -0.137. The Labute approximate surface area is 155 Å². The van der Waals surface area contributed by atoms with E-state index in [4.69, 9.17) is 5.73 Å².